The highest BCUT2D eigenvalue weighted by atomic mass is 16.5. The first kappa shape index (κ1) is 16.6. The molecule has 0 unspecified atom stereocenters. The lowest BCUT2D eigenvalue weighted by molar-refractivity contribution is -0.136. The molecule has 4 N–H and O–H groups in total. The molecule has 0 fully saturated rings. The van der Waals surface area contributed by atoms with Crippen LogP contribution in [0.5, 0.6) is 11.5 Å². The van der Waals surface area contributed by atoms with Gasteiger partial charge in [0.05, 0.1) is 13.0 Å². The van der Waals surface area contributed by atoms with Crippen LogP contribution >= 0.6 is 0 Å². The van der Waals surface area contributed by atoms with Gasteiger partial charge in [-0.3, -0.25) is 4.79 Å². The molecule has 8 nitrogen and oxygen atoms in total. The normalized spacial score (nSPS) is 16.2. The van der Waals surface area contributed by atoms with Gasteiger partial charge >= 0.3 is 5.97 Å². The predicted octanol–water partition coefficient (Wildman–Crippen LogP) is 0.705. The molecule has 0 aliphatic carbocycles. The van der Waals surface area contributed by atoms with E-state index in [0.717, 1.165) is 6.07 Å². The number of ether oxygens (including phenoxy) is 2. The van der Waals surface area contributed by atoms with E-state index in [0.29, 0.717) is 0 Å². The van der Waals surface area contributed by atoms with E-state index in [-0.39, 0.29) is 40.0 Å². The van der Waals surface area contributed by atoms with Crippen molar-refractivity contribution in [1.82, 2.24) is 0 Å². The number of phenols is 1. The smallest absolute Gasteiger partial charge is 0.340 e. The summed E-state index contributed by atoms with van der Waals surface area (Å²) in [5.41, 5.74) is 5.42. The fourth-order valence-electron chi connectivity index (χ4n) is 2.71. The van der Waals surface area contributed by atoms with Crippen LogP contribution in [0.4, 0.5) is 0 Å². The number of benzene rings is 1. The summed E-state index contributed by atoms with van der Waals surface area (Å²) in [6, 6.07) is 7.28. The van der Waals surface area contributed by atoms with Gasteiger partial charge in [-0.2, -0.15) is 0 Å². The number of aliphatic hydroxyl groups excluding tert-OH is 1. The number of fused-ring (bicyclic) bond motifs is 1. The second kappa shape index (κ2) is 6.33. The van der Waals surface area contributed by atoms with Crippen molar-refractivity contribution in [2.75, 3.05) is 7.11 Å². The number of para-hydroxylation sites is 1. The van der Waals surface area contributed by atoms with E-state index in [4.69, 9.17) is 19.6 Å². The summed E-state index contributed by atoms with van der Waals surface area (Å²) in [4.78, 5) is 24.5. The number of phenolic OH excluding ortho intramolecular Hbond substituents is 1. The van der Waals surface area contributed by atoms with Gasteiger partial charge in [-0.25, -0.2) is 4.79 Å². The van der Waals surface area contributed by atoms with E-state index in [9.17, 15) is 19.8 Å². The van der Waals surface area contributed by atoms with Gasteiger partial charge in [-0.15, -0.1) is 0 Å². The van der Waals surface area contributed by atoms with Gasteiger partial charge in [-0.05, 0) is 6.07 Å². The Morgan fingerprint density at radius 3 is 2.72 bits per heavy atom. The molecule has 2 aromatic rings. The molecule has 25 heavy (non-hydrogen) atoms. The van der Waals surface area contributed by atoms with Crippen molar-refractivity contribution in [3.63, 3.8) is 0 Å². The summed E-state index contributed by atoms with van der Waals surface area (Å²) in [6.45, 7) is -0.525. The maximum absolute atomic E-state index is 12.2. The largest absolute Gasteiger partial charge is 0.508 e. The zero-order chi connectivity index (χ0) is 18.1. The lowest BCUT2D eigenvalue weighted by atomic mass is 9.86. The second-order valence-corrected chi connectivity index (χ2v) is 5.29. The highest BCUT2D eigenvalue weighted by Crippen LogP contribution is 2.44. The number of methoxy groups -OCH3 is 1. The fraction of sp³-hybridized carbons (Fsp3) is 0.176. The maximum atomic E-state index is 12.2. The predicted molar refractivity (Wildman–Crippen MR) is 84.7 cm³/mol. The van der Waals surface area contributed by atoms with Gasteiger partial charge in [0.1, 0.15) is 23.7 Å². The Kier molecular flexibility index (Phi) is 4.20. The van der Waals surface area contributed by atoms with Crippen molar-refractivity contribution in [3.05, 3.63) is 69.1 Å². The van der Waals surface area contributed by atoms with Crippen LogP contribution in [0, 0.1) is 0 Å². The third-order valence-electron chi connectivity index (χ3n) is 3.82. The Labute approximate surface area is 141 Å². The Balaban J connectivity index is 2.34. The van der Waals surface area contributed by atoms with Crippen LogP contribution in [0.3, 0.4) is 0 Å². The minimum absolute atomic E-state index is 0.0162. The Morgan fingerprint density at radius 2 is 2.08 bits per heavy atom. The van der Waals surface area contributed by atoms with E-state index in [1.165, 1.54) is 13.2 Å². The quantitative estimate of drug-likeness (QED) is 0.693. The molecule has 0 saturated carbocycles. The fourth-order valence-corrected chi connectivity index (χ4v) is 2.71. The van der Waals surface area contributed by atoms with Crippen LogP contribution in [-0.2, 0) is 16.1 Å². The highest BCUT2D eigenvalue weighted by molar-refractivity contribution is 5.92. The number of aliphatic hydroxyl groups is 1. The van der Waals surface area contributed by atoms with Crippen molar-refractivity contribution >= 4 is 5.97 Å². The van der Waals surface area contributed by atoms with Crippen LogP contribution in [0.1, 0.15) is 23.0 Å². The van der Waals surface area contributed by atoms with E-state index in [1.807, 2.05) is 0 Å². The minimum atomic E-state index is -1.03. The summed E-state index contributed by atoms with van der Waals surface area (Å²) in [7, 11) is 1.17. The first-order chi connectivity index (χ1) is 12.0. The monoisotopic (exact) mass is 345 g/mol. The SMILES string of the molecule is COC(=O)C1=C(N)Oc2c(oc(CO)cc2=O)[C@H]1c1ccccc1O. The Bertz CT molecular complexity index is 929. The van der Waals surface area contributed by atoms with E-state index < -0.39 is 23.9 Å². The number of esters is 1. The standard InChI is InChI=1S/C17H15NO7/c1-23-17(22)13-12(9-4-2-3-5-10(9)20)15-14(25-16(13)18)11(21)6-8(7-19)24-15/h2-6,12,19-20H,7,18H2,1H3/t12-/m0/s1. The molecular formula is C17H15NO7. The molecule has 0 saturated heterocycles. The molecule has 2 heterocycles. The molecule has 1 aromatic carbocycles. The molecule has 1 atom stereocenters. The molecule has 1 aliphatic heterocycles. The average molecular weight is 345 g/mol. The lowest BCUT2D eigenvalue weighted by Crippen LogP contribution is -2.29. The molecule has 130 valence electrons. The van der Waals surface area contributed by atoms with Gasteiger partial charge < -0.3 is 29.8 Å². The van der Waals surface area contributed by atoms with Crippen molar-refractivity contribution in [2.24, 2.45) is 5.73 Å². The van der Waals surface area contributed by atoms with Crippen LogP contribution < -0.4 is 15.9 Å². The summed E-state index contributed by atoms with van der Waals surface area (Å²) < 4.78 is 15.6. The first-order valence-corrected chi connectivity index (χ1v) is 7.29. The molecule has 0 amide bonds. The molecule has 0 spiro atoms. The van der Waals surface area contributed by atoms with Crippen LogP contribution in [-0.4, -0.2) is 23.3 Å². The third-order valence-corrected chi connectivity index (χ3v) is 3.82. The van der Waals surface area contributed by atoms with Gasteiger partial charge in [-0.1, -0.05) is 18.2 Å². The Hall–Kier alpha value is -3.26. The number of aromatic hydroxyl groups is 1. The third kappa shape index (κ3) is 2.72. The molecular weight excluding hydrogens is 330 g/mol. The molecule has 0 bridgehead atoms. The van der Waals surface area contributed by atoms with Crippen LogP contribution in [0.25, 0.3) is 0 Å². The number of rotatable bonds is 3. The van der Waals surface area contributed by atoms with E-state index >= 15 is 0 Å². The highest BCUT2D eigenvalue weighted by Gasteiger charge is 2.40. The average Bonchev–Trinajstić information content (AvgIpc) is 2.61. The van der Waals surface area contributed by atoms with Gasteiger partial charge in [0.2, 0.25) is 17.1 Å². The second-order valence-electron chi connectivity index (χ2n) is 5.29. The summed E-state index contributed by atoms with van der Waals surface area (Å²) in [5, 5.41) is 19.5. The molecule has 0 radical (unpaired) electrons. The van der Waals surface area contributed by atoms with E-state index in [1.54, 1.807) is 18.2 Å². The molecule has 8 heteroatoms. The van der Waals surface area contributed by atoms with Gasteiger partial charge in [0, 0.05) is 11.6 Å². The Morgan fingerprint density at radius 1 is 1.36 bits per heavy atom. The topological polar surface area (TPSA) is 132 Å². The number of hydrogen-bond acceptors (Lipinski definition) is 8. The minimum Gasteiger partial charge on any atom is -0.508 e. The summed E-state index contributed by atoms with van der Waals surface area (Å²) >= 11 is 0. The maximum Gasteiger partial charge on any atom is 0.340 e. The zero-order valence-corrected chi connectivity index (χ0v) is 13.2. The number of nitrogens with two attached hydrogens (primary N) is 1. The first-order valence-electron chi connectivity index (χ1n) is 7.29. The van der Waals surface area contributed by atoms with Crippen molar-refractivity contribution in [1.29, 1.82) is 0 Å². The summed E-state index contributed by atoms with van der Waals surface area (Å²) in [5.74, 6) is -2.56. The molecule has 3 rings (SSSR count). The van der Waals surface area contributed by atoms with Gasteiger partial charge in [0.15, 0.2) is 5.76 Å². The van der Waals surface area contributed by atoms with Crippen molar-refractivity contribution in [2.45, 2.75) is 12.5 Å². The van der Waals surface area contributed by atoms with Crippen LogP contribution in [0.15, 0.2) is 51.0 Å². The summed E-state index contributed by atoms with van der Waals surface area (Å²) in [6.07, 6.45) is 0. The van der Waals surface area contributed by atoms with Crippen molar-refractivity contribution < 1.29 is 28.9 Å². The number of carbonyl (C=O) groups is 1. The zero-order valence-electron chi connectivity index (χ0n) is 13.2. The molecule has 1 aliphatic rings. The number of carbonyl (C=O) groups excluding carboxylic acids is 1. The van der Waals surface area contributed by atoms with Gasteiger partial charge in [0.25, 0.3) is 0 Å². The lowest BCUT2D eigenvalue weighted by Gasteiger charge is -2.27. The molecule has 1 aromatic heterocycles. The van der Waals surface area contributed by atoms with Crippen LogP contribution in [0.2, 0.25) is 0 Å². The number of hydrogen-bond donors (Lipinski definition) is 3. The van der Waals surface area contributed by atoms with Crippen molar-refractivity contribution in [3.8, 4) is 11.5 Å². The van der Waals surface area contributed by atoms with E-state index in [2.05, 4.69) is 0 Å².